The van der Waals surface area contributed by atoms with E-state index in [1.165, 1.54) is 6.20 Å². The van der Waals surface area contributed by atoms with Gasteiger partial charge in [0, 0.05) is 24.5 Å². The molecule has 1 saturated heterocycles. The molecule has 4 rings (SSSR count). The van der Waals surface area contributed by atoms with Crippen LogP contribution in [0.25, 0.3) is 0 Å². The van der Waals surface area contributed by atoms with E-state index in [9.17, 15) is 4.79 Å². The Bertz CT molecular complexity index is 882. The summed E-state index contributed by atoms with van der Waals surface area (Å²) in [4.78, 5) is 16.6. The van der Waals surface area contributed by atoms with Crippen LogP contribution in [0.5, 0.6) is 11.5 Å². The van der Waals surface area contributed by atoms with Crippen molar-refractivity contribution in [3.63, 3.8) is 0 Å². The average Bonchev–Trinajstić information content (AvgIpc) is 3.18. The number of carbonyl (C=O) groups excluding carboxylic acids is 1. The fourth-order valence-electron chi connectivity index (χ4n) is 3.35. The summed E-state index contributed by atoms with van der Waals surface area (Å²) < 4.78 is 13.0. The Labute approximate surface area is 150 Å². The quantitative estimate of drug-likeness (QED) is 0.711. The molecular weight excluding hydrogens is 334 g/mol. The number of benzene rings is 1. The molecule has 1 unspecified atom stereocenters. The molecule has 2 aliphatic rings. The summed E-state index contributed by atoms with van der Waals surface area (Å²) in [5.74, 6) is 1.61. The minimum absolute atomic E-state index is 0.0461. The van der Waals surface area contributed by atoms with Crippen LogP contribution in [0, 0.1) is 0 Å². The van der Waals surface area contributed by atoms with E-state index in [1.54, 1.807) is 32.5 Å². The molecule has 26 heavy (non-hydrogen) atoms. The first kappa shape index (κ1) is 16.3. The second-order valence-corrected chi connectivity index (χ2v) is 5.98. The SMILES string of the molecule is COc1ccc2c(c1OC)NC(NC(=O)c1cccnc1)=[N+]1CCNC21. The Balaban J connectivity index is 1.72. The number of amides is 1. The molecule has 0 saturated carbocycles. The van der Waals surface area contributed by atoms with Crippen LogP contribution in [0.2, 0.25) is 0 Å². The number of aromatic nitrogens is 1. The molecule has 8 nitrogen and oxygen atoms in total. The summed E-state index contributed by atoms with van der Waals surface area (Å²) in [6.45, 7) is 1.58. The summed E-state index contributed by atoms with van der Waals surface area (Å²) >= 11 is 0. The van der Waals surface area contributed by atoms with Gasteiger partial charge in [0.05, 0.1) is 26.3 Å². The highest BCUT2D eigenvalue weighted by atomic mass is 16.5. The first-order valence-corrected chi connectivity index (χ1v) is 8.33. The van der Waals surface area contributed by atoms with E-state index in [0.29, 0.717) is 23.0 Å². The van der Waals surface area contributed by atoms with Gasteiger partial charge in [-0.1, -0.05) is 0 Å². The highest BCUT2D eigenvalue weighted by Crippen LogP contribution is 2.42. The number of guanidine groups is 1. The van der Waals surface area contributed by atoms with Crippen molar-refractivity contribution in [2.45, 2.75) is 6.17 Å². The summed E-state index contributed by atoms with van der Waals surface area (Å²) in [7, 11) is 3.20. The fraction of sp³-hybridized carbons (Fsp3) is 0.278. The number of rotatable bonds is 3. The predicted molar refractivity (Wildman–Crippen MR) is 95.8 cm³/mol. The Morgan fingerprint density at radius 3 is 2.92 bits per heavy atom. The van der Waals surface area contributed by atoms with Gasteiger partial charge in [0.2, 0.25) is 5.75 Å². The summed E-state index contributed by atoms with van der Waals surface area (Å²) in [6, 6.07) is 7.34. The Hall–Kier alpha value is -3.13. The number of pyridine rings is 1. The average molecular weight is 354 g/mol. The maximum atomic E-state index is 12.6. The van der Waals surface area contributed by atoms with Gasteiger partial charge in [-0.2, -0.15) is 0 Å². The van der Waals surface area contributed by atoms with Gasteiger partial charge in [-0.3, -0.25) is 15.1 Å². The van der Waals surface area contributed by atoms with E-state index in [4.69, 9.17) is 9.47 Å². The van der Waals surface area contributed by atoms with Gasteiger partial charge in [-0.25, -0.2) is 15.2 Å². The highest BCUT2D eigenvalue weighted by molar-refractivity contribution is 6.09. The minimum atomic E-state index is -0.225. The molecule has 0 spiro atoms. The van der Waals surface area contributed by atoms with Crippen LogP contribution in [0.15, 0.2) is 36.7 Å². The van der Waals surface area contributed by atoms with Gasteiger partial charge in [0.25, 0.3) is 0 Å². The molecule has 0 bridgehead atoms. The van der Waals surface area contributed by atoms with Gasteiger partial charge in [-0.15, -0.1) is 0 Å². The van der Waals surface area contributed by atoms with Gasteiger partial charge in [-0.05, 0) is 24.3 Å². The molecule has 1 aromatic heterocycles. The molecule has 1 fully saturated rings. The Kier molecular flexibility index (Phi) is 4.18. The number of hydrogen-bond donors (Lipinski definition) is 3. The largest absolute Gasteiger partial charge is 0.493 e. The number of nitrogens with zero attached hydrogens (tertiary/aromatic N) is 2. The fourth-order valence-corrected chi connectivity index (χ4v) is 3.35. The standard InChI is InChI=1S/C18H19N5O3/c1-25-13-6-5-12-14(15(13)26-2)21-18(23-9-8-20-16(12)23)22-17(24)11-4-3-7-19-10-11/h3-7,10,16,20H,8-9H2,1-2H3,(H,21,22,24)/p+1. The minimum Gasteiger partial charge on any atom is -0.493 e. The lowest BCUT2D eigenvalue weighted by Gasteiger charge is -2.25. The number of hydrogen-bond acceptors (Lipinski definition) is 6. The van der Waals surface area contributed by atoms with Crippen molar-refractivity contribution in [2.24, 2.45) is 0 Å². The molecule has 0 aliphatic carbocycles. The number of fused-ring (bicyclic) bond motifs is 3. The zero-order valence-corrected chi connectivity index (χ0v) is 14.6. The molecule has 134 valence electrons. The van der Waals surface area contributed by atoms with Gasteiger partial charge in [0.15, 0.2) is 17.6 Å². The number of carbonyl (C=O) groups is 1. The van der Waals surface area contributed by atoms with Crippen LogP contribution < -0.4 is 25.4 Å². The monoisotopic (exact) mass is 354 g/mol. The van der Waals surface area contributed by atoms with Gasteiger partial charge >= 0.3 is 11.9 Å². The summed E-state index contributed by atoms with van der Waals surface area (Å²) in [6.07, 6.45) is 3.13. The van der Waals surface area contributed by atoms with Crippen molar-refractivity contribution in [1.29, 1.82) is 0 Å². The molecule has 1 aromatic carbocycles. The van der Waals surface area contributed by atoms with Crippen LogP contribution in [-0.4, -0.2) is 48.7 Å². The topological polar surface area (TPSA) is 87.5 Å². The van der Waals surface area contributed by atoms with E-state index in [2.05, 4.69) is 25.5 Å². The molecule has 1 amide bonds. The van der Waals surface area contributed by atoms with Crippen molar-refractivity contribution < 1.29 is 18.8 Å². The lowest BCUT2D eigenvalue weighted by molar-refractivity contribution is -0.555. The number of methoxy groups -OCH3 is 2. The third-order valence-electron chi connectivity index (χ3n) is 4.56. The lowest BCUT2D eigenvalue weighted by atomic mass is 10.1. The van der Waals surface area contributed by atoms with Crippen molar-refractivity contribution >= 4 is 17.6 Å². The number of anilines is 1. The molecule has 1 atom stereocenters. The van der Waals surface area contributed by atoms with Crippen LogP contribution in [0.1, 0.15) is 22.1 Å². The highest BCUT2D eigenvalue weighted by Gasteiger charge is 2.38. The second kappa shape index (κ2) is 6.64. The number of ether oxygens (including phenoxy) is 2. The normalized spacial score (nSPS) is 17.8. The van der Waals surface area contributed by atoms with Crippen molar-refractivity contribution in [3.05, 3.63) is 47.8 Å². The molecule has 3 heterocycles. The van der Waals surface area contributed by atoms with Crippen molar-refractivity contribution in [2.75, 3.05) is 32.6 Å². The Morgan fingerprint density at radius 2 is 2.19 bits per heavy atom. The third-order valence-corrected chi connectivity index (χ3v) is 4.56. The zero-order chi connectivity index (χ0) is 18.1. The van der Waals surface area contributed by atoms with Crippen LogP contribution in [0.4, 0.5) is 5.69 Å². The number of nitrogens with one attached hydrogen (secondary N) is 3. The summed E-state index contributed by atoms with van der Waals surface area (Å²) in [5, 5.41) is 9.71. The maximum absolute atomic E-state index is 12.6. The van der Waals surface area contributed by atoms with Crippen LogP contribution in [0.3, 0.4) is 0 Å². The first-order valence-electron chi connectivity index (χ1n) is 8.33. The van der Waals surface area contributed by atoms with Crippen LogP contribution in [-0.2, 0) is 0 Å². The molecule has 3 N–H and O–H groups in total. The van der Waals surface area contributed by atoms with Crippen molar-refractivity contribution in [3.8, 4) is 11.5 Å². The van der Waals surface area contributed by atoms with Gasteiger partial charge < -0.3 is 9.47 Å². The second-order valence-electron chi connectivity index (χ2n) is 5.98. The lowest BCUT2D eigenvalue weighted by Crippen LogP contribution is -2.46. The molecule has 2 aliphatic heterocycles. The molecular formula is C18H20N5O3+. The molecule has 8 heteroatoms. The van der Waals surface area contributed by atoms with E-state index >= 15 is 0 Å². The van der Waals surface area contributed by atoms with Gasteiger partial charge in [0.1, 0.15) is 0 Å². The smallest absolute Gasteiger partial charge is 0.360 e. The Morgan fingerprint density at radius 1 is 1.31 bits per heavy atom. The van der Waals surface area contributed by atoms with E-state index in [-0.39, 0.29) is 12.1 Å². The maximum Gasteiger partial charge on any atom is 0.360 e. The summed E-state index contributed by atoms with van der Waals surface area (Å²) in [5.41, 5.74) is 2.32. The van der Waals surface area contributed by atoms with Crippen LogP contribution >= 0.6 is 0 Å². The predicted octanol–water partition coefficient (Wildman–Crippen LogP) is 0.925. The molecule has 0 radical (unpaired) electrons. The first-order chi connectivity index (χ1) is 12.7. The zero-order valence-electron chi connectivity index (χ0n) is 14.6. The van der Waals surface area contributed by atoms with E-state index in [0.717, 1.165) is 24.3 Å². The van der Waals surface area contributed by atoms with E-state index < -0.39 is 0 Å². The van der Waals surface area contributed by atoms with E-state index in [1.807, 2.05) is 12.1 Å². The third kappa shape index (κ3) is 2.64. The molecule has 2 aromatic rings. The van der Waals surface area contributed by atoms with Crippen molar-refractivity contribution in [1.82, 2.24) is 15.6 Å².